The molecule has 3 heterocycles. The zero-order valence-electron chi connectivity index (χ0n) is 20.6. The number of nitrogen functional groups attached to an aromatic ring is 1. The Morgan fingerprint density at radius 2 is 2.00 bits per heavy atom. The van der Waals surface area contributed by atoms with E-state index < -0.39 is 0 Å². The maximum Gasteiger partial charge on any atom is 0.282 e. The predicted molar refractivity (Wildman–Crippen MR) is 136 cm³/mol. The van der Waals surface area contributed by atoms with Crippen molar-refractivity contribution in [3.63, 3.8) is 0 Å². The van der Waals surface area contributed by atoms with Crippen LogP contribution in [-0.2, 0) is 11.8 Å². The maximum absolute atomic E-state index is 12.4. The second kappa shape index (κ2) is 9.94. The van der Waals surface area contributed by atoms with Crippen LogP contribution in [0.15, 0.2) is 70.0 Å². The van der Waals surface area contributed by atoms with Gasteiger partial charge in [-0.25, -0.2) is 9.66 Å². The third kappa shape index (κ3) is 5.54. The molecular weight excluding hydrogens is 430 g/mol. The van der Waals surface area contributed by atoms with Gasteiger partial charge in [-0.1, -0.05) is 49.8 Å². The Bertz CT molecular complexity index is 1320. The van der Waals surface area contributed by atoms with Crippen LogP contribution >= 0.6 is 0 Å². The van der Waals surface area contributed by atoms with Crippen LogP contribution < -0.4 is 22.0 Å². The van der Waals surface area contributed by atoms with Crippen molar-refractivity contribution in [3.05, 3.63) is 75.6 Å². The van der Waals surface area contributed by atoms with Gasteiger partial charge in [0.2, 0.25) is 5.95 Å². The van der Waals surface area contributed by atoms with E-state index in [2.05, 4.69) is 53.6 Å². The Balaban J connectivity index is 1.66. The highest BCUT2D eigenvalue weighted by Crippen LogP contribution is 2.35. The summed E-state index contributed by atoms with van der Waals surface area (Å²) in [5.41, 5.74) is 12.9. The molecule has 2 aromatic heterocycles. The highest BCUT2D eigenvalue weighted by Gasteiger charge is 2.26. The molecule has 1 amide bonds. The van der Waals surface area contributed by atoms with Crippen molar-refractivity contribution < 1.29 is 4.79 Å². The van der Waals surface area contributed by atoms with Crippen LogP contribution in [0.1, 0.15) is 41.0 Å². The summed E-state index contributed by atoms with van der Waals surface area (Å²) < 4.78 is 2.49. The van der Waals surface area contributed by atoms with Crippen LogP contribution in [0.4, 0.5) is 5.95 Å². The molecule has 0 aliphatic carbocycles. The SMILES string of the molecule is CC1=C(/C=C/C(C)=C/C=C/C(C)=C/C(=O)Nn2cnc3c(=O)n(C)c(N)nc32)C(C)(C)CCN1. The Hall–Kier alpha value is -3.88. The molecule has 9 heteroatoms. The van der Waals surface area contributed by atoms with E-state index >= 15 is 0 Å². The van der Waals surface area contributed by atoms with Gasteiger partial charge in [0.05, 0.1) is 0 Å². The number of aromatic nitrogens is 4. The van der Waals surface area contributed by atoms with Crippen molar-refractivity contribution in [1.29, 1.82) is 0 Å². The second-order valence-corrected chi connectivity index (χ2v) is 9.19. The molecule has 2 aromatic rings. The number of nitrogens with two attached hydrogens (primary N) is 1. The third-order valence-corrected chi connectivity index (χ3v) is 5.91. The zero-order chi connectivity index (χ0) is 25.0. The minimum atomic E-state index is -0.379. The average Bonchev–Trinajstić information content (AvgIpc) is 3.13. The van der Waals surface area contributed by atoms with Gasteiger partial charge in [0.25, 0.3) is 11.5 Å². The molecule has 0 aromatic carbocycles. The number of fused-ring (bicyclic) bond motifs is 1. The van der Waals surface area contributed by atoms with Crippen molar-refractivity contribution in [2.75, 3.05) is 17.7 Å². The molecule has 0 spiro atoms. The smallest absolute Gasteiger partial charge is 0.282 e. The van der Waals surface area contributed by atoms with E-state index in [0.29, 0.717) is 0 Å². The van der Waals surface area contributed by atoms with Crippen LogP contribution in [0, 0.1) is 5.41 Å². The number of hydrogen-bond donors (Lipinski definition) is 3. The second-order valence-electron chi connectivity index (χ2n) is 9.19. The van der Waals surface area contributed by atoms with Crippen molar-refractivity contribution in [1.82, 2.24) is 24.5 Å². The lowest BCUT2D eigenvalue weighted by atomic mass is 9.77. The minimum Gasteiger partial charge on any atom is -0.388 e. The van der Waals surface area contributed by atoms with Crippen molar-refractivity contribution in [2.24, 2.45) is 12.5 Å². The van der Waals surface area contributed by atoms with E-state index in [9.17, 15) is 9.59 Å². The van der Waals surface area contributed by atoms with E-state index in [1.54, 1.807) is 0 Å². The summed E-state index contributed by atoms with van der Waals surface area (Å²) >= 11 is 0. The first-order chi connectivity index (χ1) is 16.0. The fourth-order valence-corrected chi connectivity index (χ4v) is 3.81. The molecule has 3 rings (SSSR count). The summed E-state index contributed by atoms with van der Waals surface area (Å²) in [5, 5.41) is 3.44. The molecule has 0 saturated carbocycles. The summed E-state index contributed by atoms with van der Waals surface area (Å²) in [5.74, 6) is -0.341. The molecular formula is C25H33N7O2. The molecule has 1 aliphatic heterocycles. The monoisotopic (exact) mass is 463 g/mol. The fraction of sp³-hybridized carbons (Fsp3) is 0.360. The summed E-state index contributed by atoms with van der Waals surface area (Å²) in [6.45, 7) is 11.5. The Labute approximate surface area is 199 Å². The maximum atomic E-state index is 12.4. The lowest BCUT2D eigenvalue weighted by molar-refractivity contribution is -0.112. The number of nitrogens with zero attached hydrogens (tertiary/aromatic N) is 4. The molecule has 180 valence electrons. The molecule has 0 fully saturated rings. The molecule has 0 radical (unpaired) electrons. The van der Waals surface area contributed by atoms with Crippen LogP contribution in [0.25, 0.3) is 11.2 Å². The molecule has 0 unspecified atom stereocenters. The van der Waals surface area contributed by atoms with Gasteiger partial charge in [-0.2, -0.15) is 4.98 Å². The van der Waals surface area contributed by atoms with Gasteiger partial charge in [0, 0.05) is 25.4 Å². The first-order valence-corrected chi connectivity index (χ1v) is 11.2. The Kier molecular flexibility index (Phi) is 7.24. The summed E-state index contributed by atoms with van der Waals surface area (Å²) in [6, 6.07) is 0. The molecule has 0 atom stereocenters. The number of allylic oxidation sites excluding steroid dienone is 9. The number of anilines is 1. The van der Waals surface area contributed by atoms with Crippen molar-refractivity contribution >= 4 is 23.0 Å². The van der Waals surface area contributed by atoms with E-state index in [0.717, 1.165) is 24.1 Å². The molecule has 0 bridgehead atoms. The normalized spacial score (nSPS) is 17.1. The molecule has 34 heavy (non-hydrogen) atoms. The first-order valence-electron chi connectivity index (χ1n) is 11.2. The number of carbonyl (C=O) groups is 1. The Morgan fingerprint density at radius 3 is 2.71 bits per heavy atom. The molecule has 4 N–H and O–H groups in total. The van der Waals surface area contributed by atoms with E-state index in [-0.39, 0.29) is 34.0 Å². The number of rotatable bonds is 6. The van der Waals surface area contributed by atoms with Crippen LogP contribution in [-0.4, -0.2) is 31.7 Å². The number of carbonyl (C=O) groups excluding carboxylic acids is 1. The van der Waals surface area contributed by atoms with E-state index in [1.165, 1.54) is 40.0 Å². The van der Waals surface area contributed by atoms with Crippen LogP contribution in [0.3, 0.4) is 0 Å². The topological polar surface area (TPSA) is 120 Å². The van der Waals surface area contributed by atoms with Gasteiger partial charge >= 0.3 is 0 Å². The highest BCUT2D eigenvalue weighted by atomic mass is 16.2. The number of imidazole rings is 1. The average molecular weight is 464 g/mol. The standard InChI is InChI=1S/C25H33N7O2/c1-16(10-11-19-18(3)27-13-12-25(19,4)5)8-7-9-17(2)14-20(33)30-32-15-28-21-22(32)29-24(26)31(6)23(21)34/h7-11,14-15,27H,12-13H2,1-6H3,(H2,26,29)(H,30,33)/b9-7+,11-10+,16-8+,17-14+. The first kappa shape index (κ1) is 24.8. The summed E-state index contributed by atoms with van der Waals surface area (Å²) in [7, 11) is 1.51. The Morgan fingerprint density at radius 1 is 1.26 bits per heavy atom. The van der Waals surface area contributed by atoms with E-state index in [4.69, 9.17) is 5.73 Å². The largest absolute Gasteiger partial charge is 0.388 e. The molecule has 9 nitrogen and oxygen atoms in total. The summed E-state index contributed by atoms with van der Waals surface area (Å²) in [4.78, 5) is 32.8. The van der Waals surface area contributed by atoms with Gasteiger partial charge in [-0.15, -0.1) is 0 Å². The van der Waals surface area contributed by atoms with Gasteiger partial charge < -0.3 is 11.1 Å². The minimum absolute atomic E-state index is 0.0362. The quantitative estimate of drug-likeness (QED) is 0.447. The summed E-state index contributed by atoms with van der Waals surface area (Å²) in [6.07, 6.45) is 13.9. The third-order valence-electron chi connectivity index (χ3n) is 5.91. The lowest BCUT2D eigenvalue weighted by Crippen LogP contribution is -2.31. The predicted octanol–water partition coefficient (Wildman–Crippen LogP) is 3.08. The fourth-order valence-electron chi connectivity index (χ4n) is 3.81. The van der Waals surface area contributed by atoms with Crippen LogP contribution in [0.5, 0.6) is 0 Å². The van der Waals surface area contributed by atoms with E-state index in [1.807, 2.05) is 32.1 Å². The van der Waals surface area contributed by atoms with Gasteiger partial charge in [-0.3, -0.25) is 19.6 Å². The van der Waals surface area contributed by atoms with Crippen molar-refractivity contribution in [3.8, 4) is 0 Å². The van der Waals surface area contributed by atoms with Crippen LogP contribution in [0.2, 0.25) is 0 Å². The van der Waals surface area contributed by atoms with Gasteiger partial charge in [0.1, 0.15) is 6.33 Å². The molecule has 1 aliphatic rings. The van der Waals surface area contributed by atoms with Crippen molar-refractivity contribution in [2.45, 2.75) is 41.0 Å². The lowest BCUT2D eigenvalue weighted by Gasteiger charge is -2.33. The number of amides is 1. The van der Waals surface area contributed by atoms with Gasteiger partial charge in [-0.05, 0) is 43.8 Å². The van der Waals surface area contributed by atoms with Gasteiger partial charge in [0.15, 0.2) is 11.2 Å². The highest BCUT2D eigenvalue weighted by molar-refractivity contribution is 5.95. The molecule has 0 saturated heterocycles. The number of hydrogen-bond acceptors (Lipinski definition) is 6. The zero-order valence-corrected chi connectivity index (χ0v) is 20.6. The number of nitrogens with one attached hydrogen (secondary N) is 2.